The topological polar surface area (TPSA) is 112 Å². The van der Waals surface area contributed by atoms with Crippen molar-refractivity contribution in [2.75, 3.05) is 11.9 Å². The molecule has 0 spiro atoms. The molecule has 9 nitrogen and oxygen atoms in total. The molecule has 1 N–H and O–H groups in total. The fraction of sp³-hybridized carbons (Fsp3) is 0.143. The molecule has 4 rings (SSSR count). The van der Waals surface area contributed by atoms with E-state index < -0.39 is 10.8 Å². The molecule has 0 radical (unpaired) electrons. The zero-order valence-corrected chi connectivity index (χ0v) is 16.1. The summed E-state index contributed by atoms with van der Waals surface area (Å²) in [5, 5.41) is 15.0. The van der Waals surface area contributed by atoms with E-state index in [1.165, 1.54) is 23.2 Å². The molecular weight excluding hydrogens is 388 g/mol. The predicted molar refractivity (Wildman–Crippen MR) is 110 cm³/mol. The Labute approximate surface area is 171 Å². The van der Waals surface area contributed by atoms with Gasteiger partial charge in [0, 0.05) is 41.7 Å². The van der Waals surface area contributed by atoms with E-state index >= 15 is 0 Å². The lowest BCUT2D eigenvalue weighted by Crippen LogP contribution is -2.14. The maximum atomic E-state index is 12.9. The van der Waals surface area contributed by atoms with Crippen LogP contribution in [0.25, 0.3) is 16.7 Å². The first-order valence-electron chi connectivity index (χ1n) is 9.24. The van der Waals surface area contributed by atoms with Gasteiger partial charge in [0.25, 0.3) is 11.6 Å². The smallest absolute Gasteiger partial charge is 0.295 e. The number of imidazole rings is 1. The van der Waals surface area contributed by atoms with Gasteiger partial charge in [-0.3, -0.25) is 14.9 Å². The van der Waals surface area contributed by atoms with E-state index in [2.05, 4.69) is 10.3 Å². The van der Waals surface area contributed by atoms with E-state index in [0.717, 1.165) is 5.39 Å². The number of anilines is 1. The number of benzene rings is 2. The lowest BCUT2D eigenvalue weighted by Gasteiger charge is -2.08. The van der Waals surface area contributed by atoms with Gasteiger partial charge < -0.3 is 19.0 Å². The van der Waals surface area contributed by atoms with Crippen LogP contribution in [0.3, 0.4) is 0 Å². The lowest BCUT2D eigenvalue weighted by atomic mass is 10.1. The van der Waals surface area contributed by atoms with Crippen molar-refractivity contribution in [2.24, 2.45) is 0 Å². The Balaban J connectivity index is 1.67. The van der Waals surface area contributed by atoms with Crippen LogP contribution in [0.5, 0.6) is 0 Å². The number of rotatable bonds is 7. The summed E-state index contributed by atoms with van der Waals surface area (Å²) in [5.41, 5.74) is 1.66. The largest absolute Gasteiger partial charge is 0.451 e. The number of nitro groups is 1. The van der Waals surface area contributed by atoms with Crippen LogP contribution in [0.1, 0.15) is 23.0 Å². The van der Waals surface area contributed by atoms with E-state index in [-0.39, 0.29) is 23.7 Å². The van der Waals surface area contributed by atoms with E-state index in [1.54, 1.807) is 24.4 Å². The van der Waals surface area contributed by atoms with Crippen molar-refractivity contribution >= 4 is 28.3 Å². The Kier molecular flexibility index (Phi) is 5.27. The molecule has 0 fully saturated rings. The monoisotopic (exact) mass is 406 g/mol. The van der Waals surface area contributed by atoms with Gasteiger partial charge in [-0.15, -0.1) is 0 Å². The molecule has 9 heteroatoms. The number of carbonyl (C=O) groups is 1. The third-order valence-electron chi connectivity index (χ3n) is 4.57. The number of carbonyl (C=O) groups excluding carboxylic acids is 1. The number of fused-ring (bicyclic) bond motifs is 1. The highest BCUT2D eigenvalue weighted by Gasteiger charge is 2.22. The quantitative estimate of drug-likeness (QED) is 0.361. The molecule has 0 aliphatic heterocycles. The van der Waals surface area contributed by atoms with Crippen LogP contribution in [0.4, 0.5) is 11.4 Å². The summed E-state index contributed by atoms with van der Waals surface area (Å²) in [7, 11) is 0. The second kappa shape index (κ2) is 8.18. The van der Waals surface area contributed by atoms with Gasteiger partial charge in [-0.05, 0) is 25.1 Å². The van der Waals surface area contributed by atoms with Crippen LogP contribution in [-0.2, 0) is 11.3 Å². The zero-order valence-electron chi connectivity index (χ0n) is 16.1. The fourth-order valence-corrected chi connectivity index (χ4v) is 3.18. The van der Waals surface area contributed by atoms with Gasteiger partial charge >= 0.3 is 0 Å². The molecule has 0 bridgehead atoms. The van der Waals surface area contributed by atoms with Crippen molar-refractivity contribution in [2.45, 2.75) is 13.5 Å². The van der Waals surface area contributed by atoms with E-state index in [1.807, 2.05) is 25.1 Å². The summed E-state index contributed by atoms with van der Waals surface area (Å²) in [6, 6.07) is 11.7. The molecule has 2 heterocycles. The second-order valence-corrected chi connectivity index (χ2v) is 6.43. The molecular formula is C21H18N4O5. The first-order chi connectivity index (χ1) is 14.6. The summed E-state index contributed by atoms with van der Waals surface area (Å²) in [4.78, 5) is 27.9. The number of para-hydroxylation sites is 1. The van der Waals surface area contributed by atoms with E-state index in [4.69, 9.17) is 9.15 Å². The second-order valence-electron chi connectivity index (χ2n) is 6.43. The minimum atomic E-state index is -0.509. The van der Waals surface area contributed by atoms with Gasteiger partial charge in [-0.2, -0.15) is 0 Å². The minimum Gasteiger partial charge on any atom is -0.451 e. The zero-order chi connectivity index (χ0) is 21.1. The van der Waals surface area contributed by atoms with Crippen LogP contribution >= 0.6 is 0 Å². The molecule has 0 aliphatic rings. The van der Waals surface area contributed by atoms with Crippen LogP contribution in [0, 0.1) is 10.1 Å². The highest BCUT2D eigenvalue weighted by Crippen LogP contribution is 2.29. The van der Waals surface area contributed by atoms with Crippen LogP contribution in [0.15, 0.2) is 65.6 Å². The third-order valence-corrected chi connectivity index (χ3v) is 4.57. The van der Waals surface area contributed by atoms with Gasteiger partial charge in [0.15, 0.2) is 5.76 Å². The van der Waals surface area contributed by atoms with E-state index in [9.17, 15) is 14.9 Å². The number of nitrogens with one attached hydrogen (secondary N) is 1. The number of furan rings is 1. The molecule has 4 aromatic rings. The minimum absolute atomic E-state index is 0.117. The number of amides is 1. The third kappa shape index (κ3) is 3.65. The van der Waals surface area contributed by atoms with Crippen molar-refractivity contribution in [3.05, 3.63) is 82.6 Å². The molecule has 0 atom stereocenters. The van der Waals surface area contributed by atoms with Crippen LogP contribution < -0.4 is 5.32 Å². The Morgan fingerprint density at radius 3 is 2.87 bits per heavy atom. The lowest BCUT2D eigenvalue weighted by molar-refractivity contribution is -0.384. The van der Waals surface area contributed by atoms with Crippen LogP contribution in [-0.4, -0.2) is 27.0 Å². The van der Waals surface area contributed by atoms with Gasteiger partial charge in [-0.25, -0.2) is 4.98 Å². The standard InChI is InChI=1S/C21H18N4O5/c1-2-29-12-16-15-5-3-4-6-19(15)30-20(16)21(26)23-14-7-8-17(18(11-14)25(27)28)24-10-9-22-13-24/h3-11,13H,2,12H2,1H3,(H,23,26). The van der Waals surface area contributed by atoms with Gasteiger partial charge in [-0.1, -0.05) is 18.2 Å². The first kappa shape index (κ1) is 19.3. The van der Waals surface area contributed by atoms with E-state index in [0.29, 0.717) is 23.4 Å². The highest BCUT2D eigenvalue weighted by molar-refractivity contribution is 6.06. The summed E-state index contributed by atoms with van der Waals surface area (Å²) < 4.78 is 12.8. The van der Waals surface area contributed by atoms with Gasteiger partial charge in [0.2, 0.25) is 0 Å². The SMILES string of the molecule is CCOCc1c(C(=O)Nc2ccc(-n3ccnc3)c([N+](=O)[O-])c2)oc2ccccc12. The maximum absolute atomic E-state index is 12.9. The normalized spacial score (nSPS) is 11.0. The summed E-state index contributed by atoms with van der Waals surface area (Å²) >= 11 is 0. The summed E-state index contributed by atoms with van der Waals surface area (Å²) in [5.74, 6) is -0.392. The number of nitrogens with zero attached hydrogens (tertiary/aromatic N) is 3. The van der Waals surface area contributed by atoms with Crippen molar-refractivity contribution in [1.29, 1.82) is 0 Å². The average molecular weight is 406 g/mol. The molecule has 0 saturated carbocycles. The number of nitro benzene ring substituents is 1. The molecule has 1 amide bonds. The Morgan fingerprint density at radius 2 is 2.13 bits per heavy atom. The van der Waals surface area contributed by atoms with Gasteiger partial charge in [0.1, 0.15) is 11.3 Å². The Morgan fingerprint density at radius 1 is 1.30 bits per heavy atom. The molecule has 30 heavy (non-hydrogen) atoms. The molecule has 152 valence electrons. The number of hydrogen-bond acceptors (Lipinski definition) is 6. The Bertz CT molecular complexity index is 1210. The number of hydrogen-bond donors (Lipinski definition) is 1. The maximum Gasteiger partial charge on any atom is 0.295 e. The van der Waals surface area contributed by atoms with Crippen molar-refractivity contribution < 1.29 is 18.9 Å². The van der Waals surface area contributed by atoms with Crippen LogP contribution in [0.2, 0.25) is 0 Å². The predicted octanol–water partition coefficient (Wildman–Crippen LogP) is 4.32. The number of ether oxygens (including phenoxy) is 1. The molecule has 2 aromatic heterocycles. The summed E-state index contributed by atoms with van der Waals surface area (Å²) in [6.07, 6.45) is 4.60. The first-order valence-corrected chi connectivity index (χ1v) is 9.24. The van der Waals surface area contributed by atoms with Crippen molar-refractivity contribution in [3.63, 3.8) is 0 Å². The van der Waals surface area contributed by atoms with Gasteiger partial charge in [0.05, 0.1) is 17.9 Å². The average Bonchev–Trinajstić information content (AvgIpc) is 3.40. The van der Waals surface area contributed by atoms with Crippen molar-refractivity contribution in [1.82, 2.24) is 9.55 Å². The fourth-order valence-electron chi connectivity index (χ4n) is 3.18. The molecule has 0 aliphatic carbocycles. The number of aromatic nitrogens is 2. The van der Waals surface area contributed by atoms with Crippen molar-refractivity contribution in [3.8, 4) is 5.69 Å². The Hall–Kier alpha value is -3.98. The summed E-state index contributed by atoms with van der Waals surface area (Å²) in [6.45, 7) is 2.57. The molecule has 0 saturated heterocycles. The molecule has 0 unspecified atom stereocenters. The highest BCUT2D eigenvalue weighted by atomic mass is 16.6. The molecule has 2 aromatic carbocycles.